The maximum Gasteiger partial charge on any atom is 0.202 e. The summed E-state index contributed by atoms with van der Waals surface area (Å²) in [6.45, 7) is 0. The van der Waals surface area contributed by atoms with Crippen molar-refractivity contribution in [2.24, 2.45) is 0 Å². The quantitative estimate of drug-likeness (QED) is 0.532. The smallest absolute Gasteiger partial charge is 0.202 e. The van der Waals surface area contributed by atoms with Gasteiger partial charge >= 0.3 is 0 Å². The van der Waals surface area contributed by atoms with Crippen molar-refractivity contribution in [3.8, 4) is 17.4 Å². The Hall–Kier alpha value is -1.29. The maximum absolute atomic E-state index is 10.6. The van der Waals surface area contributed by atoms with Gasteiger partial charge in [-0.05, 0) is 25.0 Å². The van der Waals surface area contributed by atoms with Gasteiger partial charge in [0.25, 0.3) is 0 Å². The zero-order valence-corrected chi connectivity index (χ0v) is 13.6. The zero-order chi connectivity index (χ0) is 15.6. The van der Waals surface area contributed by atoms with Crippen LogP contribution in [0.25, 0.3) is 5.69 Å². The second-order valence-electron chi connectivity index (χ2n) is 5.71. The van der Waals surface area contributed by atoms with Crippen LogP contribution in [0.4, 0.5) is 0 Å². The maximum atomic E-state index is 10.6. The van der Waals surface area contributed by atoms with Crippen LogP contribution in [-0.4, -0.2) is 14.8 Å². The number of benzene rings is 1. The van der Waals surface area contributed by atoms with Gasteiger partial charge in [-0.15, -0.1) is 0 Å². The molecule has 22 heavy (non-hydrogen) atoms. The normalized spacial score (nSPS) is 22.1. The summed E-state index contributed by atoms with van der Waals surface area (Å²) >= 11 is 18.1. The van der Waals surface area contributed by atoms with E-state index in [1.54, 1.807) is 12.1 Å². The molecule has 0 aliphatic heterocycles. The summed E-state index contributed by atoms with van der Waals surface area (Å²) in [7, 11) is 0. The molecule has 0 saturated heterocycles. The lowest BCUT2D eigenvalue weighted by Crippen LogP contribution is -2.15. The van der Waals surface area contributed by atoms with E-state index >= 15 is 0 Å². The number of allylic oxidation sites excluding steroid dienone is 2. The van der Waals surface area contributed by atoms with Gasteiger partial charge in [0, 0.05) is 23.0 Å². The van der Waals surface area contributed by atoms with Crippen molar-refractivity contribution >= 4 is 34.8 Å². The highest BCUT2D eigenvalue weighted by Crippen LogP contribution is 2.54. The van der Waals surface area contributed by atoms with Crippen LogP contribution >= 0.6 is 34.8 Å². The summed E-state index contributed by atoms with van der Waals surface area (Å²) in [5, 5.41) is 22.1. The van der Waals surface area contributed by atoms with Crippen molar-refractivity contribution in [2.75, 3.05) is 0 Å². The number of halogens is 3. The Labute approximate surface area is 142 Å². The van der Waals surface area contributed by atoms with E-state index in [1.807, 2.05) is 0 Å². The SMILES string of the molecule is Oc1c2c(c(O)n1-c1cc(Cl)c(Cl)c(Cl)c1)[C@H]1C=C[C@@H]2CC1. The first kappa shape index (κ1) is 14.3. The molecular weight excluding hydrogens is 345 g/mol. The fraction of sp³-hybridized carbons (Fsp3) is 0.250. The Morgan fingerprint density at radius 3 is 1.73 bits per heavy atom. The first-order valence-electron chi connectivity index (χ1n) is 6.98. The number of aromatic nitrogens is 1. The van der Waals surface area contributed by atoms with Crippen molar-refractivity contribution in [3.63, 3.8) is 0 Å². The number of aromatic hydroxyl groups is 2. The lowest BCUT2D eigenvalue weighted by Gasteiger charge is -2.30. The van der Waals surface area contributed by atoms with Crippen LogP contribution in [0.15, 0.2) is 24.3 Å². The predicted molar refractivity (Wildman–Crippen MR) is 88.0 cm³/mol. The highest BCUT2D eigenvalue weighted by atomic mass is 35.5. The number of rotatable bonds is 1. The van der Waals surface area contributed by atoms with Gasteiger partial charge in [-0.1, -0.05) is 47.0 Å². The van der Waals surface area contributed by atoms with Crippen molar-refractivity contribution in [3.05, 3.63) is 50.5 Å². The van der Waals surface area contributed by atoms with E-state index in [2.05, 4.69) is 12.2 Å². The molecule has 0 unspecified atom stereocenters. The second-order valence-corrected chi connectivity index (χ2v) is 6.90. The topological polar surface area (TPSA) is 45.4 Å². The number of fused-ring (bicyclic) bond motifs is 1. The van der Waals surface area contributed by atoms with Crippen molar-refractivity contribution in [1.82, 2.24) is 4.57 Å². The third-order valence-corrected chi connectivity index (χ3v) is 5.73. The van der Waals surface area contributed by atoms with Crippen LogP contribution in [-0.2, 0) is 0 Å². The summed E-state index contributed by atoms with van der Waals surface area (Å²) < 4.78 is 1.39. The first-order chi connectivity index (χ1) is 10.5. The van der Waals surface area contributed by atoms with Gasteiger partial charge in [0.1, 0.15) is 0 Å². The molecule has 5 rings (SSSR count). The summed E-state index contributed by atoms with van der Waals surface area (Å²) in [5.41, 5.74) is 2.10. The van der Waals surface area contributed by atoms with Crippen LogP contribution < -0.4 is 0 Å². The summed E-state index contributed by atoms with van der Waals surface area (Å²) in [6, 6.07) is 3.16. The predicted octanol–water partition coefficient (Wildman–Crippen LogP) is 5.38. The average Bonchev–Trinajstić information content (AvgIpc) is 2.79. The van der Waals surface area contributed by atoms with Gasteiger partial charge in [0.15, 0.2) is 0 Å². The molecule has 1 heterocycles. The van der Waals surface area contributed by atoms with Crippen LogP contribution in [0.5, 0.6) is 11.8 Å². The average molecular weight is 357 g/mol. The van der Waals surface area contributed by atoms with Crippen LogP contribution in [0, 0.1) is 0 Å². The number of hydrogen-bond donors (Lipinski definition) is 2. The first-order valence-corrected chi connectivity index (χ1v) is 8.12. The lowest BCUT2D eigenvalue weighted by molar-refractivity contribution is 0.399. The largest absolute Gasteiger partial charge is 0.494 e. The Balaban J connectivity index is 1.97. The Kier molecular flexibility index (Phi) is 3.16. The van der Waals surface area contributed by atoms with Gasteiger partial charge < -0.3 is 10.2 Å². The van der Waals surface area contributed by atoms with E-state index in [1.165, 1.54) is 4.57 Å². The van der Waals surface area contributed by atoms with Crippen molar-refractivity contribution in [2.45, 2.75) is 24.7 Å². The molecule has 1 aromatic carbocycles. The molecule has 3 aliphatic rings. The molecule has 2 atom stereocenters. The van der Waals surface area contributed by atoms with Gasteiger partial charge in [0.05, 0.1) is 20.8 Å². The molecule has 3 nitrogen and oxygen atoms in total. The van der Waals surface area contributed by atoms with Crippen molar-refractivity contribution in [1.29, 1.82) is 0 Å². The number of hydrogen-bond acceptors (Lipinski definition) is 2. The highest BCUT2D eigenvalue weighted by molar-refractivity contribution is 6.48. The standard InChI is InChI=1S/C16H12Cl3NO2/c17-10-5-9(6-11(18)14(10)19)20-15(21)12-7-1-2-8(4-3-7)13(12)16(20)22/h1-2,5-8,21-22H,3-4H2/t7-,8+. The molecule has 2 aromatic rings. The molecule has 2 N–H and O–H groups in total. The van der Waals surface area contributed by atoms with Gasteiger partial charge in [0.2, 0.25) is 11.8 Å². The van der Waals surface area contributed by atoms with Gasteiger partial charge in [-0.3, -0.25) is 4.57 Å². The van der Waals surface area contributed by atoms with Crippen molar-refractivity contribution < 1.29 is 10.2 Å². The van der Waals surface area contributed by atoms with E-state index in [9.17, 15) is 10.2 Å². The summed E-state index contributed by atoms with van der Waals surface area (Å²) in [6.07, 6.45) is 6.16. The monoisotopic (exact) mass is 355 g/mol. The molecule has 0 radical (unpaired) electrons. The molecular formula is C16H12Cl3NO2. The fourth-order valence-electron chi connectivity index (χ4n) is 3.53. The minimum absolute atomic E-state index is 0.0426. The van der Waals surface area contributed by atoms with Crippen LogP contribution in [0.3, 0.4) is 0 Å². The molecule has 2 bridgehead atoms. The Bertz CT molecular complexity index is 765. The van der Waals surface area contributed by atoms with Crippen LogP contribution in [0.2, 0.25) is 15.1 Å². The third kappa shape index (κ3) is 1.82. The Morgan fingerprint density at radius 2 is 1.32 bits per heavy atom. The summed E-state index contributed by atoms with van der Waals surface area (Å²) in [5.74, 6) is 0.373. The summed E-state index contributed by atoms with van der Waals surface area (Å²) in [4.78, 5) is 0. The van der Waals surface area contributed by atoms with Gasteiger partial charge in [-0.2, -0.15) is 0 Å². The van der Waals surface area contributed by atoms with E-state index in [-0.39, 0.29) is 38.7 Å². The minimum Gasteiger partial charge on any atom is -0.494 e. The fourth-order valence-corrected chi connectivity index (χ4v) is 4.11. The molecule has 6 heteroatoms. The third-order valence-electron chi connectivity index (χ3n) is 4.53. The molecule has 0 amide bonds. The molecule has 0 saturated carbocycles. The zero-order valence-electron chi connectivity index (χ0n) is 11.4. The minimum atomic E-state index is 0.0426. The second kappa shape index (κ2) is 4.85. The lowest BCUT2D eigenvalue weighted by atomic mass is 9.73. The Morgan fingerprint density at radius 1 is 0.864 bits per heavy atom. The van der Waals surface area contributed by atoms with E-state index < -0.39 is 0 Å². The van der Waals surface area contributed by atoms with E-state index in [0.717, 1.165) is 24.0 Å². The number of nitrogens with zero attached hydrogens (tertiary/aromatic N) is 1. The molecule has 1 aromatic heterocycles. The molecule has 114 valence electrons. The molecule has 0 spiro atoms. The van der Waals surface area contributed by atoms with E-state index in [0.29, 0.717) is 5.69 Å². The highest BCUT2D eigenvalue weighted by Gasteiger charge is 2.38. The molecule has 0 fully saturated rings. The van der Waals surface area contributed by atoms with E-state index in [4.69, 9.17) is 34.8 Å². The van der Waals surface area contributed by atoms with Gasteiger partial charge in [-0.25, -0.2) is 0 Å². The molecule has 3 aliphatic carbocycles. The van der Waals surface area contributed by atoms with Crippen LogP contribution in [0.1, 0.15) is 35.8 Å².